The number of rotatable bonds is 4. The number of hydrogen-bond acceptors (Lipinski definition) is 3. The van der Waals surface area contributed by atoms with Gasteiger partial charge in [0, 0.05) is 0 Å². The Morgan fingerprint density at radius 2 is 2.14 bits per heavy atom. The van der Waals surface area contributed by atoms with Crippen LogP contribution in [0, 0.1) is 5.82 Å². The van der Waals surface area contributed by atoms with Crippen LogP contribution >= 0.6 is 11.6 Å². The highest BCUT2D eigenvalue weighted by atomic mass is 35.5. The lowest BCUT2D eigenvalue weighted by Gasteiger charge is -2.21. The minimum absolute atomic E-state index is 0.123. The number of benzene rings is 1. The van der Waals surface area contributed by atoms with Crippen LogP contribution in [0.15, 0.2) is 18.2 Å². The van der Waals surface area contributed by atoms with E-state index in [1.165, 1.54) is 12.1 Å². The molecular formula is C15H19ClFNO3. The molecule has 1 fully saturated rings. The quantitative estimate of drug-likeness (QED) is 0.840. The third-order valence-electron chi connectivity index (χ3n) is 3.58. The van der Waals surface area contributed by atoms with E-state index in [-0.39, 0.29) is 29.3 Å². The molecule has 4 nitrogen and oxygen atoms in total. The first-order valence-electron chi connectivity index (χ1n) is 7.11. The van der Waals surface area contributed by atoms with Gasteiger partial charge in [-0.25, -0.2) is 4.39 Å². The number of carbonyl (C=O) groups is 1. The molecule has 0 aliphatic heterocycles. The Morgan fingerprint density at radius 1 is 1.38 bits per heavy atom. The van der Waals surface area contributed by atoms with Gasteiger partial charge >= 0.3 is 0 Å². The molecule has 1 amide bonds. The van der Waals surface area contributed by atoms with E-state index in [0.717, 1.165) is 31.7 Å². The zero-order chi connectivity index (χ0) is 15.2. The molecule has 0 saturated heterocycles. The van der Waals surface area contributed by atoms with E-state index < -0.39 is 11.9 Å². The molecule has 1 aromatic carbocycles. The van der Waals surface area contributed by atoms with Crippen LogP contribution in [0.1, 0.15) is 32.1 Å². The van der Waals surface area contributed by atoms with Gasteiger partial charge in [-0.3, -0.25) is 4.79 Å². The van der Waals surface area contributed by atoms with Crippen LogP contribution < -0.4 is 10.1 Å². The maximum Gasteiger partial charge on any atom is 0.258 e. The Balaban J connectivity index is 1.84. The first-order valence-corrected chi connectivity index (χ1v) is 7.49. The number of carbonyl (C=O) groups excluding carboxylic acids is 1. The van der Waals surface area contributed by atoms with Crippen molar-refractivity contribution in [1.29, 1.82) is 0 Å². The summed E-state index contributed by atoms with van der Waals surface area (Å²) >= 11 is 5.81. The maximum absolute atomic E-state index is 12.9. The van der Waals surface area contributed by atoms with E-state index in [9.17, 15) is 14.3 Å². The monoisotopic (exact) mass is 315 g/mol. The maximum atomic E-state index is 12.9. The molecule has 2 unspecified atom stereocenters. The highest BCUT2D eigenvalue weighted by molar-refractivity contribution is 6.32. The topological polar surface area (TPSA) is 58.6 Å². The summed E-state index contributed by atoms with van der Waals surface area (Å²) in [6, 6.07) is 3.50. The van der Waals surface area contributed by atoms with Gasteiger partial charge in [-0.15, -0.1) is 0 Å². The lowest BCUT2D eigenvalue weighted by atomic mass is 10.1. The van der Waals surface area contributed by atoms with Gasteiger partial charge in [0.2, 0.25) is 0 Å². The van der Waals surface area contributed by atoms with Crippen LogP contribution in [-0.4, -0.2) is 29.8 Å². The molecule has 2 atom stereocenters. The largest absolute Gasteiger partial charge is 0.482 e. The lowest BCUT2D eigenvalue weighted by Crippen LogP contribution is -2.44. The van der Waals surface area contributed by atoms with Crippen molar-refractivity contribution >= 4 is 17.5 Å². The number of nitrogens with one attached hydrogen (secondary N) is 1. The zero-order valence-corrected chi connectivity index (χ0v) is 12.4. The van der Waals surface area contributed by atoms with Crippen molar-refractivity contribution < 1.29 is 19.0 Å². The van der Waals surface area contributed by atoms with Gasteiger partial charge in [0.1, 0.15) is 11.6 Å². The highest BCUT2D eigenvalue weighted by Gasteiger charge is 2.23. The molecular weight excluding hydrogens is 297 g/mol. The van der Waals surface area contributed by atoms with E-state index in [2.05, 4.69) is 5.32 Å². The smallest absolute Gasteiger partial charge is 0.258 e. The summed E-state index contributed by atoms with van der Waals surface area (Å²) in [4.78, 5) is 11.9. The van der Waals surface area contributed by atoms with Crippen molar-refractivity contribution in [2.45, 2.75) is 44.2 Å². The average Bonchev–Trinajstić information content (AvgIpc) is 2.63. The van der Waals surface area contributed by atoms with Crippen LogP contribution in [0.25, 0.3) is 0 Å². The Morgan fingerprint density at radius 3 is 2.90 bits per heavy atom. The zero-order valence-electron chi connectivity index (χ0n) is 11.6. The number of aliphatic hydroxyl groups excluding tert-OH is 1. The molecule has 1 aliphatic carbocycles. The van der Waals surface area contributed by atoms with Gasteiger partial charge < -0.3 is 15.2 Å². The lowest BCUT2D eigenvalue weighted by molar-refractivity contribution is -0.124. The average molecular weight is 316 g/mol. The Labute approximate surface area is 128 Å². The molecule has 0 spiro atoms. The van der Waals surface area contributed by atoms with Gasteiger partial charge in [0.05, 0.1) is 17.2 Å². The Hall–Kier alpha value is -1.33. The van der Waals surface area contributed by atoms with Crippen molar-refractivity contribution in [2.75, 3.05) is 6.61 Å². The minimum atomic E-state index is -0.508. The first-order chi connectivity index (χ1) is 10.1. The van der Waals surface area contributed by atoms with E-state index in [1.54, 1.807) is 0 Å². The number of aliphatic hydroxyl groups is 1. The Kier molecular flexibility index (Phi) is 5.82. The SMILES string of the molecule is O=C(COc1ccc(F)cc1Cl)NC1CCCCCC1O. The van der Waals surface area contributed by atoms with Gasteiger partial charge in [-0.2, -0.15) is 0 Å². The van der Waals surface area contributed by atoms with Crippen molar-refractivity contribution in [3.63, 3.8) is 0 Å². The van der Waals surface area contributed by atoms with Crippen LogP contribution in [0.2, 0.25) is 5.02 Å². The second-order valence-electron chi connectivity index (χ2n) is 5.24. The van der Waals surface area contributed by atoms with E-state index in [0.29, 0.717) is 6.42 Å². The molecule has 0 bridgehead atoms. The van der Waals surface area contributed by atoms with Crippen molar-refractivity contribution in [1.82, 2.24) is 5.32 Å². The normalized spacial score (nSPS) is 22.4. The van der Waals surface area contributed by atoms with E-state index >= 15 is 0 Å². The number of amides is 1. The second kappa shape index (κ2) is 7.61. The fourth-order valence-electron chi connectivity index (χ4n) is 2.44. The summed E-state index contributed by atoms with van der Waals surface area (Å²) in [6.45, 7) is -0.214. The van der Waals surface area contributed by atoms with E-state index in [4.69, 9.17) is 16.3 Å². The molecule has 1 saturated carbocycles. The molecule has 1 aliphatic rings. The third-order valence-corrected chi connectivity index (χ3v) is 3.87. The van der Waals surface area contributed by atoms with Crippen molar-refractivity contribution in [3.8, 4) is 5.75 Å². The van der Waals surface area contributed by atoms with Gasteiger partial charge in [-0.1, -0.05) is 30.9 Å². The molecule has 0 radical (unpaired) electrons. The first kappa shape index (κ1) is 16.0. The van der Waals surface area contributed by atoms with Crippen LogP contribution in [0.5, 0.6) is 5.75 Å². The molecule has 6 heteroatoms. The standard InChI is InChI=1S/C15H19ClFNO3/c16-11-8-10(17)6-7-14(11)21-9-15(20)18-12-4-2-1-3-5-13(12)19/h6-8,12-13,19H,1-5,9H2,(H,18,20). The number of halogens is 2. The molecule has 0 aromatic heterocycles. The van der Waals surface area contributed by atoms with Crippen LogP contribution in [0.3, 0.4) is 0 Å². The molecule has 0 heterocycles. The fraction of sp³-hybridized carbons (Fsp3) is 0.533. The third kappa shape index (κ3) is 4.86. The molecule has 116 valence electrons. The van der Waals surface area contributed by atoms with Crippen molar-refractivity contribution in [3.05, 3.63) is 29.0 Å². The summed E-state index contributed by atoms with van der Waals surface area (Å²) in [6.07, 6.45) is 4.01. The summed E-state index contributed by atoms with van der Waals surface area (Å²) in [5.41, 5.74) is 0. The number of ether oxygens (including phenoxy) is 1. The van der Waals surface area contributed by atoms with Crippen LogP contribution in [-0.2, 0) is 4.79 Å². The van der Waals surface area contributed by atoms with Gasteiger partial charge in [0.15, 0.2) is 6.61 Å². The summed E-state index contributed by atoms with van der Waals surface area (Å²) < 4.78 is 18.2. The fourth-order valence-corrected chi connectivity index (χ4v) is 2.66. The molecule has 2 N–H and O–H groups in total. The summed E-state index contributed by atoms with van der Waals surface area (Å²) in [5, 5.41) is 12.8. The predicted molar refractivity (Wildman–Crippen MR) is 77.9 cm³/mol. The molecule has 2 rings (SSSR count). The van der Waals surface area contributed by atoms with E-state index in [1.807, 2.05) is 0 Å². The van der Waals surface area contributed by atoms with Gasteiger partial charge in [0.25, 0.3) is 5.91 Å². The summed E-state index contributed by atoms with van der Waals surface area (Å²) in [7, 11) is 0. The Bertz CT molecular complexity index is 498. The predicted octanol–water partition coefficient (Wildman–Crippen LogP) is 2.67. The summed E-state index contributed by atoms with van der Waals surface area (Å²) in [5.74, 6) is -0.519. The molecule has 1 aromatic rings. The van der Waals surface area contributed by atoms with Gasteiger partial charge in [-0.05, 0) is 31.0 Å². The second-order valence-corrected chi connectivity index (χ2v) is 5.65. The molecule has 21 heavy (non-hydrogen) atoms. The number of hydrogen-bond donors (Lipinski definition) is 2. The van der Waals surface area contributed by atoms with Crippen LogP contribution in [0.4, 0.5) is 4.39 Å². The highest BCUT2D eigenvalue weighted by Crippen LogP contribution is 2.24. The minimum Gasteiger partial charge on any atom is -0.482 e. The van der Waals surface area contributed by atoms with Crippen molar-refractivity contribution in [2.24, 2.45) is 0 Å².